The van der Waals surface area contributed by atoms with E-state index in [1.54, 1.807) is 0 Å². The van der Waals surface area contributed by atoms with Crippen LogP contribution in [0.1, 0.15) is 33.6 Å². The lowest BCUT2D eigenvalue weighted by Crippen LogP contribution is -2.25. The molecule has 0 saturated heterocycles. The number of nitrogens with zero attached hydrogens (tertiary/aromatic N) is 2. The quantitative estimate of drug-likeness (QED) is 0.173. The fourth-order valence-electron chi connectivity index (χ4n) is 4.19. The van der Waals surface area contributed by atoms with Crippen molar-refractivity contribution in [3.8, 4) is 28.3 Å². The molecule has 0 bridgehead atoms. The number of hydrogen-bond donors (Lipinski definition) is 2. The molecule has 9 nitrogen and oxygen atoms in total. The van der Waals surface area contributed by atoms with Gasteiger partial charge in [-0.3, -0.25) is 9.59 Å². The molecule has 0 saturated carbocycles. The van der Waals surface area contributed by atoms with Crippen LogP contribution in [0.15, 0.2) is 72.9 Å². The van der Waals surface area contributed by atoms with E-state index >= 15 is 0 Å². The Morgan fingerprint density at radius 2 is 1.58 bits per heavy atom. The van der Waals surface area contributed by atoms with Gasteiger partial charge in [0.2, 0.25) is 0 Å². The molecule has 3 aromatic carbocycles. The summed E-state index contributed by atoms with van der Waals surface area (Å²) >= 11 is 0. The fraction of sp³-hybridized carbons (Fsp3) is 0.233. The van der Waals surface area contributed by atoms with E-state index in [0.29, 0.717) is 22.4 Å². The van der Waals surface area contributed by atoms with Crippen LogP contribution >= 0.6 is 0 Å². The van der Waals surface area contributed by atoms with Gasteiger partial charge in [-0.25, -0.2) is 4.68 Å². The summed E-state index contributed by atoms with van der Waals surface area (Å²) in [6, 6.07) is 13.8. The lowest BCUT2D eigenvalue weighted by molar-refractivity contribution is -0.274. The fourth-order valence-corrected chi connectivity index (χ4v) is 4.19. The van der Waals surface area contributed by atoms with E-state index in [9.17, 15) is 35.9 Å². The number of aromatic nitrogens is 2. The van der Waals surface area contributed by atoms with Crippen molar-refractivity contribution in [3.05, 3.63) is 95.3 Å². The van der Waals surface area contributed by atoms with Crippen LogP contribution in [0.2, 0.25) is 0 Å². The minimum atomic E-state index is -4.90. The van der Waals surface area contributed by atoms with E-state index in [-0.39, 0.29) is 43.1 Å². The first kappa shape index (κ1) is 32.9. The van der Waals surface area contributed by atoms with Gasteiger partial charge >= 0.3 is 18.5 Å². The van der Waals surface area contributed by atoms with E-state index in [1.807, 2.05) is 0 Å². The number of carboxylic acids is 1. The number of carbonyl (C=O) groups excluding carboxylic acids is 1. The SMILES string of the molecule is COCc1ccc(C(F)(F)F)cc1-n1cc(-c2ccc(OC(F)(F)F)cc2)c(COc2ccc(C(=O)NCCC(=O)O)cc2)n1. The molecule has 238 valence electrons. The second kappa shape index (κ2) is 13.7. The molecule has 2 N–H and O–H groups in total. The molecule has 45 heavy (non-hydrogen) atoms. The first-order valence-electron chi connectivity index (χ1n) is 13.1. The van der Waals surface area contributed by atoms with Crippen LogP contribution in [0.5, 0.6) is 11.5 Å². The molecule has 4 rings (SSSR count). The zero-order valence-corrected chi connectivity index (χ0v) is 23.4. The monoisotopic (exact) mass is 637 g/mol. The summed E-state index contributed by atoms with van der Waals surface area (Å²) in [5.74, 6) is -1.72. The molecule has 0 aliphatic heterocycles. The second-order valence-electron chi connectivity index (χ2n) is 9.49. The van der Waals surface area contributed by atoms with Crippen LogP contribution in [0.3, 0.4) is 0 Å². The number of benzene rings is 3. The van der Waals surface area contributed by atoms with Crippen LogP contribution in [-0.4, -0.2) is 46.8 Å². The van der Waals surface area contributed by atoms with Crippen molar-refractivity contribution in [2.45, 2.75) is 32.2 Å². The number of ether oxygens (including phenoxy) is 3. The van der Waals surface area contributed by atoms with E-state index in [4.69, 9.17) is 14.6 Å². The lowest BCUT2D eigenvalue weighted by atomic mass is 10.1. The molecule has 0 aliphatic carbocycles. The Bertz CT molecular complexity index is 1630. The van der Waals surface area contributed by atoms with Crippen molar-refractivity contribution in [2.24, 2.45) is 0 Å². The first-order chi connectivity index (χ1) is 21.2. The number of methoxy groups -OCH3 is 1. The topological polar surface area (TPSA) is 112 Å². The van der Waals surface area contributed by atoms with Crippen molar-refractivity contribution in [1.82, 2.24) is 15.1 Å². The van der Waals surface area contributed by atoms with Gasteiger partial charge in [0, 0.05) is 36.5 Å². The Kier molecular flexibility index (Phi) is 10.0. The molecule has 0 atom stereocenters. The molecular weight excluding hydrogens is 612 g/mol. The third kappa shape index (κ3) is 8.98. The molecule has 0 spiro atoms. The van der Waals surface area contributed by atoms with Gasteiger partial charge in [-0.15, -0.1) is 13.2 Å². The standard InChI is InChI=1S/C30H25F6N3O6/c1-43-16-20-2-7-21(29(31,32)33)14-26(20)39-15-24(18-3-10-23(11-4-18)45-30(34,35)36)25(38-39)17-44-22-8-5-19(6-9-22)28(42)37-13-12-27(40)41/h2-11,14-15H,12-13,16-17H2,1H3,(H,37,42)(H,40,41). The van der Waals surface area contributed by atoms with Gasteiger partial charge in [-0.1, -0.05) is 18.2 Å². The molecule has 0 radical (unpaired) electrons. The third-order valence-corrected chi connectivity index (χ3v) is 6.27. The molecule has 0 fully saturated rings. The maximum atomic E-state index is 13.6. The zero-order chi connectivity index (χ0) is 32.8. The molecule has 15 heteroatoms. The minimum absolute atomic E-state index is 0.0335. The Morgan fingerprint density at radius 3 is 2.18 bits per heavy atom. The Hall–Kier alpha value is -5.05. The number of rotatable bonds is 12. The summed E-state index contributed by atoms with van der Waals surface area (Å²) in [5.41, 5.74) is 0.734. The maximum Gasteiger partial charge on any atom is 0.573 e. The predicted octanol–water partition coefficient (Wildman–Crippen LogP) is 6.39. The maximum absolute atomic E-state index is 13.6. The molecular formula is C30H25F6N3O6. The van der Waals surface area contributed by atoms with Gasteiger partial charge < -0.3 is 24.6 Å². The molecule has 0 aliphatic rings. The highest BCUT2D eigenvalue weighted by Crippen LogP contribution is 2.34. The molecule has 4 aromatic rings. The van der Waals surface area contributed by atoms with E-state index < -0.39 is 35.7 Å². The predicted molar refractivity (Wildman–Crippen MR) is 147 cm³/mol. The van der Waals surface area contributed by atoms with E-state index in [0.717, 1.165) is 24.3 Å². The number of aliphatic carboxylic acids is 1. The number of carboxylic acid groups (broad SMARTS) is 1. The van der Waals surface area contributed by atoms with Gasteiger partial charge in [0.05, 0.1) is 24.3 Å². The second-order valence-corrected chi connectivity index (χ2v) is 9.49. The Balaban J connectivity index is 1.65. The third-order valence-electron chi connectivity index (χ3n) is 6.27. The van der Waals surface area contributed by atoms with Crippen molar-refractivity contribution < 1.29 is 55.2 Å². The van der Waals surface area contributed by atoms with Gasteiger partial charge in [-0.2, -0.15) is 18.3 Å². The summed E-state index contributed by atoms with van der Waals surface area (Å²) in [5, 5.41) is 15.6. The van der Waals surface area contributed by atoms with Crippen LogP contribution < -0.4 is 14.8 Å². The number of alkyl halides is 6. The van der Waals surface area contributed by atoms with E-state index in [1.165, 1.54) is 60.5 Å². The molecule has 0 unspecified atom stereocenters. The summed E-state index contributed by atoms with van der Waals surface area (Å²) in [6.45, 7) is -0.306. The number of halogens is 6. The number of hydrogen-bond acceptors (Lipinski definition) is 6. The lowest BCUT2D eigenvalue weighted by Gasteiger charge is -2.13. The first-order valence-corrected chi connectivity index (χ1v) is 13.1. The zero-order valence-electron chi connectivity index (χ0n) is 23.4. The highest BCUT2D eigenvalue weighted by Gasteiger charge is 2.32. The van der Waals surface area contributed by atoms with E-state index in [2.05, 4.69) is 15.2 Å². The van der Waals surface area contributed by atoms with Gasteiger partial charge in [0.25, 0.3) is 5.91 Å². The number of amides is 1. The van der Waals surface area contributed by atoms with Gasteiger partial charge in [0.15, 0.2) is 0 Å². The van der Waals surface area contributed by atoms with Crippen molar-refractivity contribution in [1.29, 1.82) is 0 Å². The number of nitrogens with one attached hydrogen (secondary N) is 1. The van der Waals surface area contributed by atoms with Crippen molar-refractivity contribution >= 4 is 11.9 Å². The highest BCUT2D eigenvalue weighted by atomic mass is 19.4. The summed E-state index contributed by atoms with van der Waals surface area (Å²) < 4.78 is 94.8. The average molecular weight is 638 g/mol. The van der Waals surface area contributed by atoms with Crippen LogP contribution in [0, 0.1) is 0 Å². The van der Waals surface area contributed by atoms with Crippen molar-refractivity contribution in [3.63, 3.8) is 0 Å². The van der Waals surface area contributed by atoms with Crippen LogP contribution in [0.4, 0.5) is 26.3 Å². The summed E-state index contributed by atoms with van der Waals surface area (Å²) in [4.78, 5) is 22.8. The minimum Gasteiger partial charge on any atom is -0.487 e. The largest absolute Gasteiger partial charge is 0.573 e. The average Bonchev–Trinajstić information content (AvgIpc) is 3.39. The summed E-state index contributed by atoms with van der Waals surface area (Å²) in [6.07, 6.45) is -8.36. The normalized spacial score (nSPS) is 11.7. The Labute approximate surface area is 251 Å². The Morgan fingerprint density at radius 1 is 0.911 bits per heavy atom. The molecule has 1 aromatic heterocycles. The molecule has 1 amide bonds. The number of carbonyl (C=O) groups is 2. The van der Waals surface area contributed by atoms with Crippen LogP contribution in [-0.2, 0) is 28.9 Å². The van der Waals surface area contributed by atoms with Crippen molar-refractivity contribution in [2.75, 3.05) is 13.7 Å². The van der Waals surface area contributed by atoms with Gasteiger partial charge in [-0.05, 0) is 54.1 Å². The summed E-state index contributed by atoms with van der Waals surface area (Å²) in [7, 11) is 1.38. The van der Waals surface area contributed by atoms with Crippen LogP contribution in [0.25, 0.3) is 16.8 Å². The highest BCUT2D eigenvalue weighted by molar-refractivity contribution is 5.94. The molecule has 1 heterocycles. The smallest absolute Gasteiger partial charge is 0.487 e. The van der Waals surface area contributed by atoms with Gasteiger partial charge in [0.1, 0.15) is 23.8 Å².